The van der Waals surface area contributed by atoms with Crippen LogP contribution in [0.5, 0.6) is 11.5 Å². The molecule has 3 N–H and O–H groups in total. The van der Waals surface area contributed by atoms with Gasteiger partial charge in [0, 0.05) is 4.47 Å². The molecule has 0 aliphatic rings. The molecule has 2 aromatic rings. The minimum Gasteiger partial charge on any atom is -0.493 e. The molecule has 0 aliphatic heterocycles. The summed E-state index contributed by atoms with van der Waals surface area (Å²) >= 11 is 5.47. The van der Waals surface area contributed by atoms with Crippen LogP contribution in [0, 0.1) is 14.9 Å². The fourth-order valence-electron chi connectivity index (χ4n) is 2.19. The first-order valence-electron chi connectivity index (χ1n) is 7.81. The molecule has 0 aromatic heterocycles. The number of urea groups is 1. The van der Waals surface area contributed by atoms with E-state index in [1.165, 1.54) is 13.2 Å². The average Bonchev–Trinajstić information content (AvgIpc) is 2.65. The molecule has 0 bridgehead atoms. The number of amides is 3. The molecule has 0 unspecified atom stereocenters. The first-order chi connectivity index (χ1) is 13.3. The molecule has 144 valence electrons. The number of nitrogens with zero attached hydrogens (tertiary/aromatic N) is 1. The Morgan fingerprint density at radius 3 is 2.57 bits per heavy atom. The second-order valence-electron chi connectivity index (χ2n) is 5.44. The van der Waals surface area contributed by atoms with Crippen LogP contribution in [-0.4, -0.2) is 19.0 Å². The Kier molecular flexibility index (Phi) is 7.83. The van der Waals surface area contributed by atoms with Crippen molar-refractivity contribution in [2.45, 2.75) is 6.61 Å². The summed E-state index contributed by atoms with van der Waals surface area (Å²) in [4.78, 5) is 22.6. The minimum atomic E-state index is -1.03. The number of carbonyl (C=O) groups is 2. The number of carbonyl (C=O) groups excluding carboxylic acids is 2. The van der Waals surface area contributed by atoms with Gasteiger partial charge >= 0.3 is 6.03 Å². The van der Waals surface area contributed by atoms with Gasteiger partial charge in [-0.25, -0.2) is 4.79 Å². The second-order valence-corrected chi connectivity index (χ2v) is 7.52. The molecule has 9 heteroatoms. The smallest absolute Gasteiger partial charge is 0.319 e. The molecule has 2 rings (SSSR count). The molecular weight excluding hydrogens is 541 g/mol. The van der Waals surface area contributed by atoms with E-state index in [9.17, 15) is 9.59 Å². The van der Waals surface area contributed by atoms with Gasteiger partial charge in [-0.2, -0.15) is 5.26 Å². The van der Waals surface area contributed by atoms with E-state index in [4.69, 9.17) is 20.5 Å². The number of nitrogens with one attached hydrogen (secondary N) is 1. The van der Waals surface area contributed by atoms with Gasteiger partial charge in [-0.1, -0.05) is 28.1 Å². The topological polar surface area (TPSA) is 114 Å². The number of imide groups is 1. The number of halogens is 2. The van der Waals surface area contributed by atoms with Crippen molar-refractivity contribution >= 4 is 56.5 Å². The van der Waals surface area contributed by atoms with Crippen LogP contribution in [0.25, 0.3) is 6.08 Å². The Labute approximate surface area is 183 Å². The van der Waals surface area contributed by atoms with Gasteiger partial charge in [0.25, 0.3) is 5.91 Å². The van der Waals surface area contributed by atoms with E-state index in [1.54, 1.807) is 18.2 Å². The van der Waals surface area contributed by atoms with Crippen molar-refractivity contribution < 1.29 is 19.1 Å². The van der Waals surface area contributed by atoms with Gasteiger partial charge in [0.1, 0.15) is 18.2 Å². The second kappa shape index (κ2) is 10.1. The van der Waals surface area contributed by atoms with Crippen molar-refractivity contribution in [2.24, 2.45) is 5.73 Å². The summed E-state index contributed by atoms with van der Waals surface area (Å²) in [5.74, 6) is 0.116. The zero-order valence-electron chi connectivity index (χ0n) is 14.7. The largest absolute Gasteiger partial charge is 0.493 e. The van der Waals surface area contributed by atoms with Crippen LogP contribution in [0.1, 0.15) is 11.1 Å². The van der Waals surface area contributed by atoms with Crippen LogP contribution in [0.2, 0.25) is 0 Å². The highest BCUT2D eigenvalue weighted by molar-refractivity contribution is 14.1. The first kappa shape index (κ1) is 21.7. The van der Waals surface area contributed by atoms with Crippen molar-refractivity contribution in [1.29, 1.82) is 5.26 Å². The Hall–Kier alpha value is -2.58. The van der Waals surface area contributed by atoms with E-state index in [0.717, 1.165) is 13.6 Å². The predicted octanol–water partition coefficient (Wildman–Crippen LogP) is 3.74. The molecule has 28 heavy (non-hydrogen) atoms. The fraction of sp³-hybridized carbons (Fsp3) is 0.105. The van der Waals surface area contributed by atoms with Crippen LogP contribution in [0.15, 0.2) is 46.4 Å². The first-order valence-corrected chi connectivity index (χ1v) is 9.68. The Balaban J connectivity index is 2.28. The number of primary amides is 1. The Morgan fingerprint density at radius 2 is 2.00 bits per heavy atom. The molecule has 0 radical (unpaired) electrons. The van der Waals surface area contributed by atoms with Gasteiger partial charge in [0.2, 0.25) is 0 Å². The Bertz CT molecular complexity index is 968. The van der Waals surface area contributed by atoms with Crippen LogP contribution in [0.4, 0.5) is 4.79 Å². The SMILES string of the molecule is COc1cc(/C=C(/C#N)C(=O)NC(N)=O)cc(I)c1OCc1ccc(Br)cc1. The van der Waals surface area contributed by atoms with Crippen LogP contribution in [-0.2, 0) is 11.4 Å². The summed E-state index contributed by atoms with van der Waals surface area (Å²) in [6, 6.07) is 11.8. The van der Waals surface area contributed by atoms with Crippen molar-refractivity contribution in [3.63, 3.8) is 0 Å². The number of benzene rings is 2. The number of methoxy groups -OCH3 is 1. The summed E-state index contributed by atoms with van der Waals surface area (Å²) in [7, 11) is 1.50. The van der Waals surface area contributed by atoms with E-state index >= 15 is 0 Å². The number of rotatable bonds is 6. The quantitative estimate of drug-likeness (QED) is 0.320. The van der Waals surface area contributed by atoms with Gasteiger partial charge in [-0.3, -0.25) is 10.1 Å². The summed E-state index contributed by atoms with van der Waals surface area (Å²) in [6.07, 6.45) is 1.33. The average molecular weight is 556 g/mol. The maximum atomic E-state index is 11.8. The third-order valence-corrected chi connectivity index (χ3v) is 4.79. The monoisotopic (exact) mass is 555 g/mol. The number of hydrogen-bond acceptors (Lipinski definition) is 5. The number of nitriles is 1. The molecular formula is C19H15BrIN3O4. The number of ether oxygens (including phenoxy) is 2. The highest BCUT2D eigenvalue weighted by Crippen LogP contribution is 2.35. The summed E-state index contributed by atoms with van der Waals surface area (Å²) < 4.78 is 13.0. The summed E-state index contributed by atoms with van der Waals surface area (Å²) in [6.45, 7) is 0.347. The molecule has 0 saturated carbocycles. The molecule has 0 aliphatic carbocycles. The minimum absolute atomic E-state index is 0.264. The van der Waals surface area contributed by atoms with Crippen LogP contribution < -0.4 is 20.5 Å². The molecule has 3 amide bonds. The third-order valence-electron chi connectivity index (χ3n) is 3.46. The molecule has 0 fully saturated rings. The van der Waals surface area contributed by atoms with Crippen molar-refractivity contribution in [3.05, 3.63) is 61.1 Å². The molecule has 0 saturated heterocycles. The molecule has 0 heterocycles. The summed E-state index contributed by atoms with van der Waals surface area (Å²) in [5, 5.41) is 11.0. The van der Waals surface area contributed by atoms with Gasteiger partial charge in [-0.05, 0) is 64.1 Å². The molecule has 2 aromatic carbocycles. The summed E-state index contributed by atoms with van der Waals surface area (Å²) in [5.41, 5.74) is 6.17. The normalized spacial score (nSPS) is 10.7. The maximum absolute atomic E-state index is 11.8. The lowest BCUT2D eigenvalue weighted by molar-refractivity contribution is -0.115. The lowest BCUT2D eigenvalue weighted by Gasteiger charge is -2.14. The van der Waals surface area contributed by atoms with E-state index in [1.807, 2.05) is 29.6 Å². The van der Waals surface area contributed by atoms with Gasteiger partial charge in [0.15, 0.2) is 11.5 Å². The fourth-order valence-corrected chi connectivity index (χ4v) is 3.24. The van der Waals surface area contributed by atoms with Crippen molar-refractivity contribution in [2.75, 3.05) is 7.11 Å². The van der Waals surface area contributed by atoms with Gasteiger partial charge < -0.3 is 15.2 Å². The van der Waals surface area contributed by atoms with E-state index < -0.39 is 11.9 Å². The molecule has 0 spiro atoms. The number of hydrogen-bond donors (Lipinski definition) is 2. The zero-order chi connectivity index (χ0) is 20.7. The lowest BCUT2D eigenvalue weighted by Crippen LogP contribution is -2.35. The molecule has 0 atom stereocenters. The van der Waals surface area contributed by atoms with Crippen LogP contribution >= 0.6 is 38.5 Å². The maximum Gasteiger partial charge on any atom is 0.319 e. The van der Waals surface area contributed by atoms with Crippen molar-refractivity contribution in [3.8, 4) is 17.6 Å². The van der Waals surface area contributed by atoms with E-state index in [0.29, 0.717) is 23.7 Å². The lowest BCUT2D eigenvalue weighted by atomic mass is 10.1. The van der Waals surface area contributed by atoms with E-state index in [2.05, 4.69) is 38.5 Å². The van der Waals surface area contributed by atoms with Gasteiger partial charge in [0.05, 0.1) is 10.7 Å². The van der Waals surface area contributed by atoms with Crippen LogP contribution in [0.3, 0.4) is 0 Å². The van der Waals surface area contributed by atoms with Gasteiger partial charge in [-0.15, -0.1) is 0 Å². The van der Waals surface area contributed by atoms with Crippen molar-refractivity contribution in [1.82, 2.24) is 5.32 Å². The third kappa shape index (κ3) is 5.97. The van der Waals surface area contributed by atoms with E-state index in [-0.39, 0.29) is 5.57 Å². The Morgan fingerprint density at radius 1 is 1.32 bits per heavy atom. The highest BCUT2D eigenvalue weighted by atomic mass is 127. The predicted molar refractivity (Wildman–Crippen MR) is 116 cm³/mol. The number of nitrogens with two attached hydrogens (primary N) is 1. The zero-order valence-corrected chi connectivity index (χ0v) is 18.4. The highest BCUT2D eigenvalue weighted by Gasteiger charge is 2.15. The standard InChI is InChI=1S/C19H15BrIN3O4/c1-27-16-8-12(6-13(9-22)18(25)24-19(23)26)7-15(21)17(16)28-10-11-2-4-14(20)5-3-11/h2-8H,10H2,1H3,(H3,23,24,25,26)/b13-6-. The molecule has 7 nitrogen and oxygen atoms in total.